The Kier molecular flexibility index (Phi) is 3.45. The summed E-state index contributed by atoms with van der Waals surface area (Å²) in [5.74, 6) is -0.755. The van der Waals surface area contributed by atoms with Crippen LogP contribution in [0, 0.1) is 0 Å². The molecule has 2 aliphatic rings. The standard InChI is InChI=1S/C12H22O2/c13-12(9-5-6-10-12)14-11-7-3-1-2-4-8-11/h11,13H,1-10H2. The van der Waals surface area contributed by atoms with E-state index >= 15 is 0 Å². The molecule has 0 bridgehead atoms. The van der Waals surface area contributed by atoms with E-state index in [1.165, 1.54) is 25.7 Å². The number of hydrogen-bond donors (Lipinski definition) is 1. The van der Waals surface area contributed by atoms with Crippen molar-refractivity contribution in [3.05, 3.63) is 0 Å². The van der Waals surface area contributed by atoms with Gasteiger partial charge in [-0.05, 0) is 25.7 Å². The van der Waals surface area contributed by atoms with E-state index in [0.717, 1.165) is 38.5 Å². The van der Waals surface area contributed by atoms with Crippen molar-refractivity contribution in [1.29, 1.82) is 0 Å². The summed E-state index contributed by atoms with van der Waals surface area (Å²) < 4.78 is 5.88. The average Bonchev–Trinajstić information content (AvgIpc) is 2.43. The molecule has 0 heterocycles. The van der Waals surface area contributed by atoms with Crippen molar-refractivity contribution in [2.75, 3.05) is 0 Å². The number of hydrogen-bond acceptors (Lipinski definition) is 2. The molecule has 2 fully saturated rings. The molecule has 1 N–H and O–H groups in total. The summed E-state index contributed by atoms with van der Waals surface area (Å²) in [6.07, 6.45) is 11.8. The van der Waals surface area contributed by atoms with Crippen molar-refractivity contribution in [2.24, 2.45) is 0 Å². The zero-order valence-corrected chi connectivity index (χ0v) is 9.00. The maximum absolute atomic E-state index is 10.1. The summed E-state index contributed by atoms with van der Waals surface area (Å²) in [4.78, 5) is 0. The molecule has 0 atom stereocenters. The van der Waals surface area contributed by atoms with Gasteiger partial charge in [0.1, 0.15) is 0 Å². The molecule has 14 heavy (non-hydrogen) atoms. The Balaban J connectivity index is 1.82. The smallest absolute Gasteiger partial charge is 0.165 e. The molecular formula is C12H22O2. The lowest BCUT2D eigenvalue weighted by molar-refractivity contribution is -0.226. The second-order valence-electron chi connectivity index (χ2n) is 4.88. The molecule has 0 aromatic heterocycles. The largest absolute Gasteiger partial charge is 0.365 e. The predicted molar refractivity (Wildman–Crippen MR) is 56.0 cm³/mol. The molecule has 2 saturated carbocycles. The molecule has 0 saturated heterocycles. The fourth-order valence-electron chi connectivity index (χ4n) is 2.72. The van der Waals surface area contributed by atoms with Crippen LogP contribution in [0.4, 0.5) is 0 Å². The van der Waals surface area contributed by atoms with E-state index in [0.29, 0.717) is 6.10 Å². The molecule has 2 aliphatic carbocycles. The molecular weight excluding hydrogens is 176 g/mol. The molecule has 0 aromatic rings. The van der Waals surface area contributed by atoms with Gasteiger partial charge >= 0.3 is 0 Å². The molecule has 82 valence electrons. The van der Waals surface area contributed by atoms with Gasteiger partial charge in [-0.1, -0.05) is 25.7 Å². The van der Waals surface area contributed by atoms with Crippen molar-refractivity contribution in [1.82, 2.24) is 0 Å². The topological polar surface area (TPSA) is 29.5 Å². The summed E-state index contributed by atoms with van der Waals surface area (Å²) in [6.45, 7) is 0. The van der Waals surface area contributed by atoms with Crippen LogP contribution in [0.2, 0.25) is 0 Å². The first-order chi connectivity index (χ1) is 6.79. The zero-order chi connectivity index (χ0) is 9.86. The van der Waals surface area contributed by atoms with Gasteiger partial charge in [-0.25, -0.2) is 0 Å². The summed E-state index contributed by atoms with van der Waals surface area (Å²) in [6, 6.07) is 0. The maximum atomic E-state index is 10.1. The molecule has 2 nitrogen and oxygen atoms in total. The van der Waals surface area contributed by atoms with Crippen molar-refractivity contribution in [3.63, 3.8) is 0 Å². The van der Waals surface area contributed by atoms with Gasteiger partial charge in [0.05, 0.1) is 6.10 Å². The average molecular weight is 198 g/mol. The lowest BCUT2D eigenvalue weighted by Crippen LogP contribution is -2.33. The third-order valence-electron chi connectivity index (χ3n) is 3.57. The van der Waals surface area contributed by atoms with Gasteiger partial charge in [-0.2, -0.15) is 0 Å². The minimum absolute atomic E-state index is 0.334. The van der Waals surface area contributed by atoms with Gasteiger partial charge in [0.15, 0.2) is 5.79 Å². The fourth-order valence-corrected chi connectivity index (χ4v) is 2.72. The Morgan fingerprint density at radius 2 is 1.43 bits per heavy atom. The van der Waals surface area contributed by atoms with E-state index < -0.39 is 5.79 Å². The molecule has 0 spiro atoms. The van der Waals surface area contributed by atoms with Gasteiger partial charge in [0.2, 0.25) is 0 Å². The molecule has 0 aliphatic heterocycles. The Morgan fingerprint density at radius 1 is 0.857 bits per heavy atom. The summed E-state index contributed by atoms with van der Waals surface area (Å²) in [7, 11) is 0. The van der Waals surface area contributed by atoms with E-state index in [2.05, 4.69) is 0 Å². The first-order valence-corrected chi connectivity index (χ1v) is 6.19. The van der Waals surface area contributed by atoms with Gasteiger partial charge in [-0.3, -0.25) is 0 Å². The molecule has 0 radical (unpaired) electrons. The second kappa shape index (κ2) is 4.63. The molecule has 0 aromatic carbocycles. The number of ether oxygens (including phenoxy) is 1. The quantitative estimate of drug-likeness (QED) is 0.546. The Hall–Kier alpha value is -0.0800. The minimum Gasteiger partial charge on any atom is -0.365 e. The molecule has 2 heteroatoms. The molecule has 0 amide bonds. The van der Waals surface area contributed by atoms with Crippen LogP contribution in [-0.2, 0) is 4.74 Å². The van der Waals surface area contributed by atoms with Crippen molar-refractivity contribution in [2.45, 2.75) is 76.1 Å². The van der Waals surface area contributed by atoms with Gasteiger partial charge in [-0.15, -0.1) is 0 Å². The Morgan fingerprint density at radius 3 is 2.00 bits per heavy atom. The summed E-state index contributed by atoms with van der Waals surface area (Å²) in [5.41, 5.74) is 0. The van der Waals surface area contributed by atoms with Crippen LogP contribution in [0.15, 0.2) is 0 Å². The summed E-state index contributed by atoms with van der Waals surface area (Å²) in [5, 5.41) is 10.1. The van der Waals surface area contributed by atoms with Crippen LogP contribution in [0.25, 0.3) is 0 Å². The number of aliphatic hydroxyl groups is 1. The maximum Gasteiger partial charge on any atom is 0.165 e. The van der Waals surface area contributed by atoms with Crippen LogP contribution < -0.4 is 0 Å². The van der Waals surface area contributed by atoms with E-state index in [1.54, 1.807) is 0 Å². The first kappa shape index (κ1) is 10.4. The van der Waals surface area contributed by atoms with Crippen LogP contribution in [-0.4, -0.2) is 17.0 Å². The van der Waals surface area contributed by atoms with Gasteiger partial charge in [0, 0.05) is 12.8 Å². The van der Waals surface area contributed by atoms with E-state index in [-0.39, 0.29) is 0 Å². The zero-order valence-electron chi connectivity index (χ0n) is 9.00. The fraction of sp³-hybridized carbons (Fsp3) is 1.00. The lowest BCUT2D eigenvalue weighted by atomic mass is 10.1. The SMILES string of the molecule is OC1(OC2CCCCCC2)CCCC1. The Bertz CT molecular complexity index is 165. The Labute approximate surface area is 86.6 Å². The third kappa shape index (κ3) is 2.71. The van der Waals surface area contributed by atoms with Crippen LogP contribution in [0.3, 0.4) is 0 Å². The highest BCUT2D eigenvalue weighted by Crippen LogP contribution is 2.34. The second-order valence-corrected chi connectivity index (χ2v) is 4.88. The minimum atomic E-state index is -0.755. The monoisotopic (exact) mass is 198 g/mol. The highest BCUT2D eigenvalue weighted by molar-refractivity contribution is 4.77. The predicted octanol–water partition coefficient (Wildman–Crippen LogP) is 2.99. The normalized spacial score (nSPS) is 28.9. The number of rotatable bonds is 2. The molecule has 2 rings (SSSR count). The van der Waals surface area contributed by atoms with Crippen molar-refractivity contribution >= 4 is 0 Å². The van der Waals surface area contributed by atoms with Crippen molar-refractivity contribution in [3.8, 4) is 0 Å². The van der Waals surface area contributed by atoms with Crippen LogP contribution >= 0.6 is 0 Å². The lowest BCUT2D eigenvalue weighted by Gasteiger charge is -2.28. The van der Waals surface area contributed by atoms with Crippen LogP contribution in [0.1, 0.15) is 64.2 Å². The molecule has 0 unspecified atom stereocenters. The first-order valence-electron chi connectivity index (χ1n) is 6.19. The van der Waals surface area contributed by atoms with E-state index in [1.807, 2.05) is 0 Å². The van der Waals surface area contributed by atoms with Gasteiger partial charge in [0.25, 0.3) is 0 Å². The van der Waals surface area contributed by atoms with E-state index in [9.17, 15) is 5.11 Å². The van der Waals surface area contributed by atoms with Gasteiger partial charge < -0.3 is 9.84 Å². The van der Waals surface area contributed by atoms with Crippen LogP contribution in [0.5, 0.6) is 0 Å². The summed E-state index contributed by atoms with van der Waals surface area (Å²) >= 11 is 0. The van der Waals surface area contributed by atoms with E-state index in [4.69, 9.17) is 4.74 Å². The highest BCUT2D eigenvalue weighted by Gasteiger charge is 2.34. The highest BCUT2D eigenvalue weighted by atomic mass is 16.6. The third-order valence-corrected chi connectivity index (χ3v) is 3.57. The van der Waals surface area contributed by atoms with Crippen molar-refractivity contribution < 1.29 is 9.84 Å².